The topological polar surface area (TPSA) is 55.9 Å². The second-order valence-corrected chi connectivity index (χ2v) is 5.02. The first-order valence-electron chi connectivity index (χ1n) is 6.84. The van der Waals surface area contributed by atoms with Gasteiger partial charge in [0, 0.05) is 12.7 Å². The second-order valence-electron chi connectivity index (χ2n) is 5.02. The van der Waals surface area contributed by atoms with Crippen molar-refractivity contribution < 1.29 is 0 Å². The summed E-state index contributed by atoms with van der Waals surface area (Å²) in [7, 11) is 0. The third-order valence-corrected chi connectivity index (χ3v) is 3.80. The highest BCUT2D eigenvalue weighted by atomic mass is 15.3. The van der Waals surface area contributed by atoms with Crippen molar-refractivity contribution in [2.45, 2.75) is 58.0 Å². The van der Waals surface area contributed by atoms with E-state index in [-0.39, 0.29) is 6.04 Å². The molecular weight excluding hydrogens is 212 g/mol. The Bertz CT molecular complexity index is 328. The highest BCUT2D eigenvalue weighted by Gasteiger charge is 2.26. The van der Waals surface area contributed by atoms with Crippen LogP contribution < -0.4 is 11.3 Å². The molecule has 1 heterocycles. The number of nitrogens with two attached hydrogens (primary N) is 1. The molecule has 96 valence electrons. The van der Waals surface area contributed by atoms with Crippen LogP contribution in [0.2, 0.25) is 0 Å². The molecule has 0 amide bonds. The van der Waals surface area contributed by atoms with Gasteiger partial charge in [0.25, 0.3) is 0 Å². The summed E-state index contributed by atoms with van der Waals surface area (Å²) in [5.41, 5.74) is 4.26. The summed E-state index contributed by atoms with van der Waals surface area (Å²) < 4.78 is 2.10. The standard InChI is InChI=1S/C13H24N4/c1-2-10-17-12(8-9-15-17)13(16-14)11-6-4-3-5-7-11/h8-9,11,13,16H,2-7,10,14H2,1H3. The lowest BCUT2D eigenvalue weighted by atomic mass is 9.83. The number of aromatic nitrogens is 2. The molecule has 2 rings (SSSR count). The molecule has 1 aromatic heterocycles. The average molecular weight is 236 g/mol. The zero-order valence-electron chi connectivity index (χ0n) is 10.7. The Balaban J connectivity index is 2.12. The fraction of sp³-hybridized carbons (Fsp3) is 0.769. The summed E-state index contributed by atoms with van der Waals surface area (Å²) >= 11 is 0. The lowest BCUT2D eigenvalue weighted by Crippen LogP contribution is -2.36. The van der Waals surface area contributed by atoms with Gasteiger partial charge in [0.1, 0.15) is 0 Å². The van der Waals surface area contributed by atoms with Gasteiger partial charge in [-0.15, -0.1) is 0 Å². The van der Waals surface area contributed by atoms with Crippen molar-refractivity contribution >= 4 is 0 Å². The Kier molecular flexibility index (Phi) is 4.57. The molecule has 0 radical (unpaired) electrons. The van der Waals surface area contributed by atoms with Gasteiger partial charge in [-0.05, 0) is 31.2 Å². The first-order chi connectivity index (χ1) is 8.36. The quantitative estimate of drug-likeness (QED) is 0.609. The van der Waals surface area contributed by atoms with Crippen LogP contribution in [-0.2, 0) is 6.54 Å². The molecule has 3 N–H and O–H groups in total. The van der Waals surface area contributed by atoms with Crippen LogP contribution in [0.3, 0.4) is 0 Å². The number of hydrazine groups is 1. The first-order valence-corrected chi connectivity index (χ1v) is 6.84. The predicted octanol–water partition coefficient (Wildman–Crippen LogP) is 2.38. The lowest BCUT2D eigenvalue weighted by molar-refractivity contribution is 0.262. The number of nitrogens with zero attached hydrogens (tertiary/aromatic N) is 2. The van der Waals surface area contributed by atoms with E-state index in [0.29, 0.717) is 5.92 Å². The normalized spacial score (nSPS) is 19.4. The van der Waals surface area contributed by atoms with E-state index in [1.165, 1.54) is 37.8 Å². The third kappa shape index (κ3) is 2.87. The maximum atomic E-state index is 5.77. The van der Waals surface area contributed by atoms with Gasteiger partial charge in [0.2, 0.25) is 0 Å². The van der Waals surface area contributed by atoms with E-state index in [0.717, 1.165) is 13.0 Å². The summed E-state index contributed by atoms with van der Waals surface area (Å²) in [5.74, 6) is 6.44. The van der Waals surface area contributed by atoms with Crippen LogP contribution in [0.15, 0.2) is 12.3 Å². The Labute approximate surface area is 104 Å². The molecule has 1 fully saturated rings. The van der Waals surface area contributed by atoms with Crippen LogP contribution in [0, 0.1) is 5.92 Å². The molecule has 0 saturated heterocycles. The van der Waals surface area contributed by atoms with Gasteiger partial charge in [-0.2, -0.15) is 5.10 Å². The zero-order valence-corrected chi connectivity index (χ0v) is 10.7. The number of nitrogens with one attached hydrogen (secondary N) is 1. The van der Waals surface area contributed by atoms with Crippen molar-refractivity contribution in [2.75, 3.05) is 0 Å². The lowest BCUT2D eigenvalue weighted by Gasteiger charge is -2.30. The van der Waals surface area contributed by atoms with Crippen molar-refractivity contribution in [1.82, 2.24) is 15.2 Å². The summed E-state index contributed by atoms with van der Waals surface area (Å²) in [4.78, 5) is 0. The fourth-order valence-corrected chi connectivity index (χ4v) is 2.94. The zero-order chi connectivity index (χ0) is 12.1. The summed E-state index contributed by atoms with van der Waals surface area (Å²) in [6.45, 7) is 3.16. The highest BCUT2D eigenvalue weighted by Crippen LogP contribution is 2.33. The molecule has 1 unspecified atom stereocenters. The van der Waals surface area contributed by atoms with Crippen LogP contribution in [-0.4, -0.2) is 9.78 Å². The Morgan fingerprint density at radius 1 is 1.47 bits per heavy atom. The smallest absolute Gasteiger partial charge is 0.0657 e. The number of rotatable bonds is 5. The number of aryl methyl sites for hydroxylation is 1. The van der Waals surface area contributed by atoms with E-state index in [1.54, 1.807) is 0 Å². The Hall–Kier alpha value is -0.870. The molecule has 1 aliphatic rings. The van der Waals surface area contributed by atoms with Crippen molar-refractivity contribution in [2.24, 2.45) is 11.8 Å². The minimum absolute atomic E-state index is 0.268. The minimum atomic E-state index is 0.268. The van der Waals surface area contributed by atoms with E-state index in [9.17, 15) is 0 Å². The predicted molar refractivity (Wildman–Crippen MR) is 69.2 cm³/mol. The monoisotopic (exact) mass is 236 g/mol. The van der Waals surface area contributed by atoms with Crippen LogP contribution in [0.5, 0.6) is 0 Å². The van der Waals surface area contributed by atoms with Crippen LogP contribution in [0.1, 0.15) is 57.2 Å². The van der Waals surface area contributed by atoms with Crippen molar-refractivity contribution in [3.63, 3.8) is 0 Å². The summed E-state index contributed by atoms with van der Waals surface area (Å²) in [6, 6.07) is 2.37. The van der Waals surface area contributed by atoms with Gasteiger partial charge in [-0.1, -0.05) is 26.2 Å². The van der Waals surface area contributed by atoms with Crippen LogP contribution in [0.4, 0.5) is 0 Å². The molecule has 4 nitrogen and oxygen atoms in total. The van der Waals surface area contributed by atoms with Gasteiger partial charge in [0.15, 0.2) is 0 Å². The van der Waals surface area contributed by atoms with E-state index >= 15 is 0 Å². The van der Waals surface area contributed by atoms with Crippen LogP contribution in [0.25, 0.3) is 0 Å². The molecule has 17 heavy (non-hydrogen) atoms. The molecule has 0 spiro atoms. The molecule has 1 atom stereocenters. The maximum Gasteiger partial charge on any atom is 0.0657 e. The molecule has 4 heteroatoms. The van der Waals surface area contributed by atoms with E-state index in [2.05, 4.69) is 28.2 Å². The van der Waals surface area contributed by atoms with Crippen molar-refractivity contribution in [3.05, 3.63) is 18.0 Å². The minimum Gasteiger partial charge on any atom is -0.271 e. The largest absolute Gasteiger partial charge is 0.271 e. The van der Waals surface area contributed by atoms with Gasteiger partial charge in [-0.25, -0.2) is 0 Å². The number of hydrogen-bond acceptors (Lipinski definition) is 3. The Morgan fingerprint density at radius 2 is 2.24 bits per heavy atom. The van der Waals surface area contributed by atoms with Gasteiger partial charge < -0.3 is 0 Å². The number of hydrogen-bond donors (Lipinski definition) is 2. The third-order valence-electron chi connectivity index (χ3n) is 3.80. The molecule has 1 aromatic rings. The van der Waals surface area contributed by atoms with E-state index in [4.69, 9.17) is 5.84 Å². The molecule has 0 aliphatic heterocycles. The summed E-state index contributed by atoms with van der Waals surface area (Å²) in [6.07, 6.45) is 9.62. The second kappa shape index (κ2) is 6.17. The van der Waals surface area contributed by atoms with Crippen molar-refractivity contribution in [1.29, 1.82) is 0 Å². The maximum absolute atomic E-state index is 5.77. The fourth-order valence-electron chi connectivity index (χ4n) is 2.94. The SMILES string of the molecule is CCCn1nccc1C(NN)C1CCCCC1. The molecule has 1 saturated carbocycles. The summed E-state index contributed by atoms with van der Waals surface area (Å²) in [5, 5.41) is 4.39. The van der Waals surface area contributed by atoms with Crippen molar-refractivity contribution in [3.8, 4) is 0 Å². The van der Waals surface area contributed by atoms with Gasteiger partial charge in [0.05, 0.1) is 11.7 Å². The van der Waals surface area contributed by atoms with E-state index < -0.39 is 0 Å². The molecule has 0 bridgehead atoms. The molecule has 1 aliphatic carbocycles. The highest BCUT2D eigenvalue weighted by molar-refractivity contribution is 5.08. The van der Waals surface area contributed by atoms with E-state index in [1.807, 2.05) is 6.20 Å². The Morgan fingerprint density at radius 3 is 2.88 bits per heavy atom. The average Bonchev–Trinajstić information content (AvgIpc) is 2.81. The van der Waals surface area contributed by atoms with Gasteiger partial charge in [-0.3, -0.25) is 16.0 Å². The molecular formula is C13H24N4. The van der Waals surface area contributed by atoms with Crippen LogP contribution >= 0.6 is 0 Å². The van der Waals surface area contributed by atoms with Gasteiger partial charge >= 0.3 is 0 Å². The molecule has 0 aromatic carbocycles. The first kappa shape index (κ1) is 12.6.